The van der Waals surface area contributed by atoms with Gasteiger partial charge in [0, 0.05) is 24.4 Å². The average Bonchev–Trinajstić information content (AvgIpc) is 3.06. The minimum atomic E-state index is -4.45. The summed E-state index contributed by atoms with van der Waals surface area (Å²) < 4.78 is 48.2. The Kier molecular flexibility index (Phi) is 4.93. The Balaban J connectivity index is 1.70. The van der Waals surface area contributed by atoms with Gasteiger partial charge in [-0.05, 0) is 36.4 Å². The van der Waals surface area contributed by atoms with E-state index in [1.54, 1.807) is 18.2 Å². The van der Waals surface area contributed by atoms with E-state index in [2.05, 4.69) is 5.32 Å². The van der Waals surface area contributed by atoms with Crippen molar-refractivity contribution in [1.29, 1.82) is 0 Å². The molecule has 0 radical (unpaired) electrons. The zero-order chi connectivity index (χ0) is 19.6. The van der Waals surface area contributed by atoms with Crippen molar-refractivity contribution >= 4 is 23.2 Å². The third-order valence-corrected chi connectivity index (χ3v) is 3.85. The van der Waals surface area contributed by atoms with Gasteiger partial charge in [-0.15, -0.1) is 0 Å². The summed E-state index contributed by atoms with van der Waals surface area (Å²) in [6.07, 6.45) is -4.45. The molecule has 1 aliphatic heterocycles. The summed E-state index contributed by atoms with van der Waals surface area (Å²) in [5.74, 6) is 0.0671. The lowest BCUT2D eigenvalue weighted by Crippen LogP contribution is -2.36. The third-order valence-electron chi connectivity index (χ3n) is 3.85. The van der Waals surface area contributed by atoms with E-state index in [0.29, 0.717) is 17.2 Å². The number of fused-ring (bicyclic) bond motifs is 1. The first-order valence-corrected chi connectivity index (χ1v) is 7.89. The van der Waals surface area contributed by atoms with Gasteiger partial charge in [0.2, 0.25) is 18.6 Å². The smallest absolute Gasteiger partial charge is 0.416 e. The summed E-state index contributed by atoms with van der Waals surface area (Å²) in [6, 6.07) is 8.86. The van der Waals surface area contributed by atoms with Gasteiger partial charge >= 0.3 is 6.18 Å². The second-order valence-corrected chi connectivity index (χ2v) is 5.77. The van der Waals surface area contributed by atoms with Crippen LogP contribution < -0.4 is 19.7 Å². The van der Waals surface area contributed by atoms with E-state index < -0.39 is 17.6 Å². The van der Waals surface area contributed by atoms with Crippen LogP contribution in [-0.2, 0) is 15.8 Å². The molecular weight excluding hydrogens is 365 g/mol. The van der Waals surface area contributed by atoms with Crippen LogP contribution in [-0.4, -0.2) is 25.2 Å². The Morgan fingerprint density at radius 1 is 1.07 bits per heavy atom. The van der Waals surface area contributed by atoms with Crippen LogP contribution in [0.3, 0.4) is 0 Å². The third kappa shape index (κ3) is 4.30. The van der Waals surface area contributed by atoms with Crippen LogP contribution in [0.25, 0.3) is 0 Å². The van der Waals surface area contributed by atoms with Crippen LogP contribution in [0.15, 0.2) is 42.5 Å². The number of hydrogen-bond donors (Lipinski definition) is 1. The van der Waals surface area contributed by atoms with Crippen molar-refractivity contribution < 1.29 is 32.2 Å². The molecule has 0 saturated carbocycles. The number of rotatable bonds is 4. The molecule has 0 atom stereocenters. The number of ether oxygens (including phenoxy) is 2. The maximum atomic E-state index is 12.6. The summed E-state index contributed by atoms with van der Waals surface area (Å²) >= 11 is 0. The minimum absolute atomic E-state index is 0.0767. The van der Waals surface area contributed by atoms with Gasteiger partial charge in [0.25, 0.3) is 0 Å². The predicted molar refractivity (Wildman–Crippen MR) is 90.7 cm³/mol. The van der Waals surface area contributed by atoms with E-state index >= 15 is 0 Å². The van der Waals surface area contributed by atoms with Crippen molar-refractivity contribution in [2.24, 2.45) is 0 Å². The number of benzene rings is 2. The molecule has 0 saturated heterocycles. The summed E-state index contributed by atoms with van der Waals surface area (Å²) in [7, 11) is 0. The van der Waals surface area contributed by atoms with Crippen LogP contribution in [0.1, 0.15) is 12.5 Å². The summed E-state index contributed by atoms with van der Waals surface area (Å²) in [6.45, 7) is 1.07. The Hall–Kier alpha value is -3.23. The maximum absolute atomic E-state index is 12.6. The van der Waals surface area contributed by atoms with Crippen molar-refractivity contribution in [3.8, 4) is 11.5 Å². The lowest BCUT2D eigenvalue weighted by atomic mass is 10.2. The van der Waals surface area contributed by atoms with Crippen molar-refractivity contribution in [2.75, 3.05) is 23.6 Å². The molecule has 3 rings (SSSR count). The van der Waals surface area contributed by atoms with E-state index in [-0.39, 0.29) is 24.9 Å². The number of anilines is 2. The molecule has 6 nitrogen and oxygen atoms in total. The van der Waals surface area contributed by atoms with Crippen LogP contribution >= 0.6 is 0 Å². The molecular formula is C18H15F3N2O4. The first-order valence-electron chi connectivity index (χ1n) is 7.89. The Morgan fingerprint density at radius 3 is 2.37 bits per heavy atom. The molecule has 0 bridgehead atoms. The van der Waals surface area contributed by atoms with E-state index in [1.807, 2.05) is 0 Å². The second kappa shape index (κ2) is 7.18. The highest BCUT2D eigenvalue weighted by Crippen LogP contribution is 2.35. The highest BCUT2D eigenvalue weighted by atomic mass is 19.4. The fourth-order valence-corrected chi connectivity index (χ4v) is 2.52. The van der Waals surface area contributed by atoms with Crippen molar-refractivity contribution in [3.63, 3.8) is 0 Å². The van der Waals surface area contributed by atoms with E-state index in [1.165, 1.54) is 11.8 Å². The first-order chi connectivity index (χ1) is 12.7. The van der Waals surface area contributed by atoms with Crippen molar-refractivity contribution in [2.45, 2.75) is 13.1 Å². The number of carbonyl (C=O) groups excluding carboxylic acids is 2. The van der Waals surface area contributed by atoms with E-state index in [9.17, 15) is 22.8 Å². The van der Waals surface area contributed by atoms with Gasteiger partial charge in [-0.1, -0.05) is 0 Å². The number of halogens is 3. The zero-order valence-corrected chi connectivity index (χ0v) is 14.2. The molecule has 2 amide bonds. The normalized spacial score (nSPS) is 12.6. The zero-order valence-electron chi connectivity index (χ0n) is 14.2. The van der Waals surface area contributed by atoms with E-state index in [0.717, 1.165) is 24.3 Å². The van der Waals surface area contributed by atoms with Gasteiger partial charge in [0.15, 0.2) is 11.5 Å². The standard InChI is InChI=1S/C18H15F3N2O4/c1-11(24)23(14-6-7-15-16(8-14)27-10-26-15)9-17(25)22-13-4-2-12(3-5-13)18(19,20)21/h2-8H,9-10H2,1H3,(H,22,25). The number of amides is 2. The lowest BCUT2D eigenvalue weighted by Gasteiger charge is -2.21. The Labute approximate surface area is 152 Å². The highest BCUT2D eigenvalue weighted by Gasteiger charge is 2.30. The average molecular weight is 380 g/mol. The largest absolute Gasteiger partial charge is 0.454 e. The first kappa shape index (κ1) is 18.6. The van der Waals surface area contributed by atoms with Gasteiger partial charge in [-0.3, -0.25) is 9.59 Å². The Bertz CT molecular complexity index is 866. The number of hydrogen-bond acceptors (Lipinski definition) is 4. The summed E-state index contributed by atoms with van der Waals surface area (Å²) in [4.78, 5) is 25.4. The molecule has 0 fully saturated rings. The monoisotopic (exact) mass is 380 g/mol. The minimum Gasteiger partial charge on any atom is -0.454 e. The molecule has 0 unspecified atom stereocenters. The van der Waals surface area contributed by atoms with Crippen molar-refractivity contribution in [3.05, 3.63) is 48.0 Å². The summed E-state index contributed by atoms with van der Waals surface area (Å²) in [5.41, 5.74) is -0.178. The molecule has 1 aliphatic rings. The molecule has 2 aromatic carbocycles. The molecule has 0 aromatic heterocycles. The molecule has 2 aromatic rings. The number of nitrogens with zero attached hydrogens (tertiary/aromatic N) is 1. The second-order valence-electron chi connectivity index (χ2n) is 5.77. The predicted octanol–water partition coefficient (Wildman–Crippen LogP) is 3.43. The van der Waals surface area contributed by atoms with Crippen LogP contribution in [0.5, 0.6) is 11.5 Å². The highest BCUT2D eigenvalue weighted by molar-refractivity contribution is 6.02. The number of nitrogens with one attached hydrogen (secondary N) is 1. The van der Waals surface area contributed by atoms with Crippen LogP contribution in [0.4, 0.5) is 24.5 Å². The fraction of sp³-hybridized carbons (Fsp3) is 0.222. The van der Waals surface area contributed by atoms with Gasteiger partial charge < -0.3 is 19.7 Å². The van der Waals surface area contributed by atoms with Gasteiger partial charge in [0.1, 0.15) is 6.54 Å². The molecule has 0 aliphatic carbocycles. The fourth-order valence-electron chi connectivity index (χ4n) is 2.52. The molecule has 1 heterocycles. The lowest BCUT2D eigenvalue weighted by molar-refractivity contribution is -0.137. The van der Waals surface area contributed by atoms with Gasteiger partial charge in [-0.25, -0.2) is 0 Å². The van der Waals surface area contributed by atoms with Crippen LogP contribution in [0, 0.1) is 0 Å². The van der Waals surface area contributed by atoms with Crippen LogP contribution in [0.2, 0.25) is 0 Å². The summed E-state index contributed by atoms with van der Waals surface area (Å²) in [5, 5.41) is 2.47. The topological polar surface area (TPSA) is 67.9 Å². The maximum Gasteiger partial charge on any atom is 0.416 e. The quantitative estimate of drug-likeness (QED) is 0.883. The van der Waals surface area contributed by atoms with E-state index in [4.69, 9.17) is 9.47 Å². The van der Waals surface area contributed by atoms with Crippen molar-refractivity contribution in [1.82, 2.24) is 0 Å². The number of alkyl halides is 3. The molecule has 1 N–H and O–H groups in total. The SMILES string of the molecule is CC(=O)N(CC(=O)Nc1ccc(C(F)(F)F)cc1)c1ccc2c(c1)OCO2. The molecule has 27 heavy (non-hydrogen) atoms. The molecule has 0 spiro atoms. The van der Waals surface area contributed by atoms with Gasteiger partial charge in [-0.2, -0.15) is 13.2 Å². The number of carbonyl (C=O) groups is 2. The molecule has 142 valence electrons. The van der Waals surface area contributed by atoms with Gasteiger partial charge in [0.05, 0.1) is 5.56 Å². The molecule has 9 heteroatoms. The Morgan fingerprint density at radius 2 is 1.74 bits per heavy atom.